The zero-order valence-electron chi connectivity index (χ0n) is 18.6. The first-order valence-electron chi connectivity index (χ1n) is 11.2. The molecule has 8 nitrogen and oxygen atoms in total. The molecule has 1 unspecified atom stereocenters. The minimum absolute atomic E-state index is 0. The number of aryl methyl sites for hydroxylation is 1. The van der Waals surface area contributed by atoms with Gasteiger partial charge in [0.15, 0.2) is 11.1 Å². The smallest absolute Gasteiger partial charge is 0.191 e. The van der Waals surface area contributed by atoms with Gasteiger partial charge in [0.2, 0.25) is 0 Å². The van der Waals surface area contributed by atoms with Crippen LogP contribution in [0, 0.1) is 0 Å². The second-order valence-corrected chi connectivity index (χ2v) is 8.96. The summed E-state index contributed by atoms with van der Waals surface area (Å²) in [5, 5.41) is 14.7. The van der Waals surface area contributed by atoms with E-state index in [1.165, 1.54) is 30.1 Å². The second kappa shape index (κ2) is 11.9. The fourth-order valence-electron chi connectivity index (χ4n) is 4.16. The van der Waals surface area contributed by atoms with Crippen molar-refractivity contribution in [3.05, 3.63) is 23.5 Å². The van der Waals surface area contributed by atoms with Gasteiger partial charge in [0.05, 0.1) is 17.6 Å². The van der Waals surface area contributed by atoms with Crippen molar-refractivity contribution >= 4 is 52.1 Å². The Kier molecular flexibility index (Phi) is 9.24. The van der Waals surface area contributed by atoms with Crippen molar-refractivity contribution < 1.29 is 0 Å². The first kappa shape index (κ1) is 24.1. The molecule has 0 aliphatic carbocycles. The zero-order valence-corrected chi connectivity index (χ0v) is 21.7. The monoisotopic (exact) mass is 558 g/mol. The van der Waals surface area contributed by atoms with E-state index in [4.69, 9.17) is 9.98 Å². The van der Waals surface area contributed by atoms with Crippen molar-refractivity contribution in [1.82, 2.24) is 25.4 Å². The minimum Gasteiger partial charge on any atom is -0.367 e. The number of halogens is 1. The standard InChI is InChI=1S/C21H34N8S.HI/c1-3-22-20(23-9-8-18-16-30-21(26-18)28-10-4-5-11-28)25-17-7-6-12-29(14-17)19-13-24-27(2)15-19;/h13,15-17H,3-12,14H2,1-2H3,(H2,22,23,25);1H. The number of piperidine rings is 1. The van der Waals surface area contributed by atoms with Gasteiger partial charge in [-0.1, -0.05) is 0 Å². The largest absolute Gasteiger partial charge is 0.367 e. The normalized spacial score (nSPS) is 19.4. The highest BCUT2D eigenvalue weighted by Gasteiger charge is 2.22. The van der Waals surface area contributed by atoms with Crippen LogP contribution in [0.25, 0.3) is 0 Å². The summed E-state index contributed by atoms with van der Waals surface area (Å²) in [7, 11) is 1.97. The lowest BCUT2D eigenvalue weighted by atomic mass is 10.1. The summed E-state index contributed by atoms with van der Waals surface area (Å²) >= 11 is 1.77. The molecule has 0 saturated carbocycles. The third-order valence-electron chi connectivity index (χ3n) is 5.72. The third kappa shape index (κ3) is 6.71. The van der Waals surface area contributed by atoms with Crippen molar-refractivity contribution in [1.29, 1.82) is 0 Å². The molecule has 2 aliphatic heterocycles. The van der Waals surface area contributed by atoms with E-state index in [9.17, 15) is 0 Å². The summed E-state index contributed by atoms with van der Waals surface area (Å²) in [5.74, 6) is 0.908. The maximum absolute atomic E-state index is 4.82. The van der Waals surface area contributed by atoms with Gasteiger partial charge in [-0.2, -0.15) is 5.10 Å². The number of thiazole rings is 1. The maximum atomic E-state index is 4.82. The molecule has 10 heteroatoms. The van der Waals surface area contributed by atoms with Crippen molar-refractivity contribution in [2.75, 3.05) is 49.1 Å². The summed E-state index contributed by atoms with van der Waals surface area (Å²) < 4.78 is 1.87. The van der Waals surface area contributed by atoms with Crippen LogP contribution in [0.4, 0.5) is 10.8 Å². The number of nitrogens with zero attached hydrogens (tertiary/aromatic N) is 6. The van der Waals surface area contributed by atoms with Gasteiger partial charge in [-0.05, 0) is 32.6 Å². The Balaban J connectivity index is 0.00000272. The van der Waals surface area contributed by atoms with Crippen LogP contribution >= 0.6 is 35.3 Å². The van der Waals surface area contributed by atoms with Crippen LogP contribution in [0.3, 0.4) is 0 Å². The van der Waals surface area contributed by atoms with Crippen LogP contribution in [0.1, 0.15) is 38.3 Å². The number of nitrogens with one attached hydrogen (secondary N) is 2. The number of anilines is 2. The molecule has 2 aromatic rings. The van der Waals surface area contributed by atoms with Gasteiger partial charge in [-0.15, -0.1) is 35.3 Å². The van der Waals surface area contributed by atoms with E-state index in [1.54, 1.807) is 11.3 Å². The molecule has 2 N–H and O–H groups in total. The molecule has 1 atom stereocenters. The SMILES string of the molecule is CCNC(=NCCc1csc(N2CCCC2)n1)NC1CCCN(c2cnn(C)c2)C1.I. The van der Waals surface area contributed by atoms with E-state index in [0.717, 1.165) is 63.8 Å². The topological polar surface area (TPSA) is 73.6 Å². The predicted octanol–water partition coefficient (Wildman–Crippen LogP) is 2.86. The molecular weight excluding hydrogens is 523 g/mol. The van der Waals surface area contributed by atoms with Gasteiger partial charge in [-0.3, -0.25) is 9.67 Å². The molecule has 0 bridgehead atoms. The Labute approximate surface area is 206 Å². The van der Waals surface area contributed by atoms with Crippen molar-refractivity contribution in [2.24, 2.45) is 12.0 Å². The van der Waals surface area contributed by atoms with Crippen LogP contribution in [0.5, 0.6) is 0 Å². The van der Waals surface area contributed by atoms with E-state index in [-0.39, 0.29) is 24.0 Å². The van der Waals surface area contributed by atoms with Gasteiger partial charge in [-0.25, -0.2) is 4.98 Å². The summed E-state index contributed by atoms with van der Waals surface area (Å²) in [4.78, 5) is 14.5. The number of hydrogen-bond acceptors (Lipinski definition) is 6. The second-order valence-electron chi connectivity index (χ2n) is 8.13. The van der Waals surface area contributed by atoms with Gasteiger partial charge < -0.3 is 20.4 Å². The first-order valence-corrected chi connectivity index (χ1v) is 12.1. The maximum Gasteiger partial charge on any atom is 0.191 e. The lowest BCUT2D eigenvalue weighted by molar-refractivity contribution is 0.468. The van der Waals surface area contributed by atoms with Crippen molar-refractivity contribution in [3.8, 4) is 0 Å². The molecule has 4 heterocycles. The number of aliphatic imine (C=N–C) groups is 1. The Morgan fingerprint density at radius 2 is 2.03 bits per heavy atom. The Morgan fingerprint density at radius 3 is 2.77 bits per heavy atom. The summed E-state index contributed by atoms with van der Waals surface area (Å²) in [6.45, 7) is 8.08. The molecule has 2 saturated heterocycles. The van der Waals surface area contributed by atoms with Crippen LogP contribution in [0.2, 0.25) is 0 Å². The average molecular weight is 559 g/mol. The Hall–Kier alpha value is -1.56. The number of aromatic nitrogens is 3. The molecule has 2 aromatic heterocycles. The van der Waals surface area contributed by atoms with Crippen LogP contribution in [0.15, 0.2) is 22.8 Å². The summed E-state index contributed by atoms with van der Waals surface area (Å²) in [5.41, 5.74) is 2.35. The molecular formula is C21H35IN8S. The molecule has 4 rings (SSSR count). The predicted molar refractivity (Wildman–Crippen MR) is 140 cm³/mol. The summed E-state index contributed by atoms with van der Waals surface area (Å²) in [6.07, 6.45) is 9.83. The van der Waals surface area contributed by atoms with Crippen LogP contribution < -0.4 is 20.4 Å². The first-order chi connectivity index (χ1) is 14.7. The Morgan fingerprint density at radius 1 is 1.23 bits per heavy atom. The number of rotatable bonds is 7. The molecule has 0 radical (unpaired) electrons. The van der Waals surface area contributed by atoms with Crippen LogP contribution in [-0.4, -0.2) is 66.0 Å². The van der Waals surface area contributed by atoms with E-state index in [1.807, 2.05) is 17.9 Å². The number of hydrogen-bond donors (Lipinski definition) is 2. The van der Waals surface area contributed by atoms with E-state index in [0.29, 0.717) is 6.04 Å². The summed E-state index contributed by atoms with van der Waals surface area (Å²) in [6, 6.07) is 0.387. The fourth-order valence-corrected chi connectivity index (χ4v) is 5.08. The minimum atomic E-state index is 0. The highest BCUT2D eigenvalue weighted by Crippen LogP contribution is 2.24. The fraction of sp³-hybridized carbons (Fsp3) is 0.667. The van der Waals surface area contributed by atoms with E-state index < -0.39 is 0 Å². The molecule has 0 spiro atoms. The van der Waals surface area contributed by atoms with Crippen molar-refractivity contribution in [2.45, 2.75) is 45.1 Å². The van der Waals surface area contributed by atoms with Crippen molar-refractivity contribution in [3.63, 3.8) is 0 Å². The van der Waals surface area contributed by atoms with Gasteiger partial charge >= 0.3 is 0 Å². The Bertz CT molecular complexity index is 829. The molecule has 2 aliphatic rings. The molecule has 31 heavy (non-hydrogen) atoms. The van der Waals surface area contributed by atoms with E-state index in [2.05, 4.69) is 44.0 Å². The van der Waals surface area contributed by atoms with Crippen LogP contribution in [-0.2, 0) is 13.5 Å². The lowest BCUT2D eigenvalue weighted by Gasteiger charge is -2.34. The lowest BCUT2D eigenvalue weighted by Crippen LogP contribution is -2.51. The highest BCUT2D eigenvalue weighted by atomic mass is 127. The third-order valence-corrected chi connectivity index (χ3v) is 6.67. The molecule has 2 fully saturated rings. The molecule has 172 valence electrons. The number of guanidine groups is 1. The zero-order chi connectivity index (χ0) is 20.8. The quantitative estimate of drug-likeness (QED) is 0.310. The van der Waals surface area contributed by atoms with Gasteiger partial charge in [0.25, 0.3) is 0 Å². The average Bonchev–Trinajstić information content (AvgIpc) is 3.50. The van der Waals surface area contributed by atoms with E-state index >= 15 is 0 Å². The molecule has 0 aromatic carbocycles. The van der Waals surface area contributed by atoms with Gasteiger partial charge in [0, 0.05) is 70.4 Å². The highest BCUT2D eigenvalue weighted by molar-refractivity contribution is 14.0. The van der Waals surface area contributed by atoms with Gasteiger partial charge in [0.1, 0.15) is 0 Å². The molecule has 0 amide bonds.